The van der Waals surface area contributed by atoms with Crippen molar-refractivity contribution in [1.29, 1.82) is 0 Å². The number of aromatic nitrogens is 2. The Morgan fingerprint density at radius 2 is 1.88 bits per heavy atom. The molecule has 4 heteroatoms. The predicted octanol–water partition coefficient (Wildman–Crippen LogP) is 3.61. The highest BCUT2D eigenvalue weighted by Gasteiger charge is 2.22. The van der Waals surface area contributed by atoms with Crippen LogP contribution in [0.5, 0.6) is 0 Å². The molecule has 26 heavy (non-hydrogen) atoms. The van der Waals surface area contributed by atoms with E-state index in [2.05, 4.69) is 41.9 Å². The number of aryl methyl sites for hydroxylation is 1. The fourth-order valence-corrected chi connectivity index (χ4v) is 3.57. The maximum atomic E-state index is 12.7. The van der Waals surface area contributed by atoms with E-state index < -0.39 is 0 Å². The Morgan fingerprint density at radius 1 is 1.08 bits per heavy atom. The van der Waals surface area contributed by atoms with Gasteiger partial charge in [-0.2, -0.15) is 0 Å². The first-order valence-electron chi connectivity index (χ1n) is 9.07. The maximum absolute atomic E-state index is 12.7. The van der Waals surface area contributed by atoms with Gasteiger partial charge in [-0.3, -0.25) is 9.69 Å². The van der Waals surface area contributed by atoms with Crippen molar-refractivity contribution in [2.24, 2.45) is 0 Å². The Morgan fingerprint density at radius 3 is 2.69 bits per heavy atom. The van der Waals surface area contributed by atoms with E-state index in [9.17, 15) is 4.79 Å². The number of benzene rings is 2. The normalized spacial score (nSPS) is 14.2. The second-order valence-electron chi connectivity index (χ2n) is 7.03. The van der Waals surface area contributed by atoms with Gasteiger partial charge in [0.15, 0.2) is 0 Å². The molecule has 0 aliphatic carbocycles. The summed E-state index contributed by atoms with van der Waals surface area (Å²) in [6.45, 7) is 6.76. The van der Waals surface area contributed by atoms with Crippen molar-refractivity contribution in [3.8, 4) is 11.4 Å². The molecule has 2 heterocycles. The van der Waals surface area contributed by atoms with Crippen LogP contribution in [0.25, 0.3) is 11.4 Å². The van der Waals surface area contributed by atoms with Crippen molar-refractivity contribution >= 4 is 0 Å². The summed E-state index contributed by atoms with van der Waals surface area (Å²) in [5.41, 5.74) is 6.66. The van der Waals surface area contributed by atoms with E-state index in [1.165, 1.54) is 16.7 Å². The molecular formula is C22H23N3O. The Hall–Kier alpha value is -2.72. The molecule has 4 nitrogen and oxygen atoms in total. The van der Waals surface area contributed by atoms with Gasteiger partial charge in [-0.15, -0.1) is 0 Å². The Balaban J connectivity index is 1.60. The van der Waals surface area contributed by atoms with E-state index >= 15 is 0 Å². The smallest absolute Gasteiger partial charge is 0.255 e. The standard InChI is InChI=1S/C22H23N3O/c1-15-7-6-10-18(16(15)2)13-25-12-11-20-19(14-25)22(26)24-21(23-20)17-8-4-3-5-9-17/h3-10H,11-14H2,1-2H3,(H,23,24,26). The van der Waals surface area contributed by atoms with E-state index in [-0.39, 0.29) is 5.56 Å². The summed E-state index contributed by atoms with van der Waals surface area (Å²) >= 11 is 0. The first kappa shape index (κ1) is 16.7. The van der Waals surface area contributed by atoms with Crippen molar-refractivity contribution in [1.82, 2.24) is 14.9 Å². The maximum Gasteiger partial charge on any atom is 0.255 e. The third-order valence-electron chi connectivity index (χ3n) is 5.31. The zero-order chi connectivity index (χ0) is 18.1. The van der Waals surface area contributed by atoms with Crippen molar-refractivity contribution < 1.29 is 0 Å². The first-order chi connectivity index (χ1) is 12.6. The molecule has 0 fully saturated rings. The SMILES string of the molecule is Cc1cccc(CN2CCc3nc(-c4ccccc4)[nH]c(=O)c3C2)c1C. The summed E-state index contributed by atoms with van der Waals surface area (Å²) in [4.78, 5) is 22.7. The fourth-order valence-electron chi connectivity index (χ4n) is 3.57. The predicted molar refractivity (Wildman–Crippen MR) is 104 cm³/mol. The second-order valence-corrected chi connectivity index (χ2v) is 7.03. The molecule has 0 amide bonds. The average molecular weight is 345 g/mol. The lowest BCUT2D eigenvalue weighted by Gasteiger charge is -2.28. The van der Waals surface area contributed by atoms with Crippen LogP contribution in [0.3, 0.4) is 0 Å². The summed E-state index contributed by atoms with van der Waals surface area (Å²) in [6.07, 6.45) is 0.809. The van der Waals surface area contributed by atoms with Crippen LogP contribution < -0.4 is 5.56 Å². The highest BCUT2D eigenvalue weighted by Crippen LogP contribution is 2.21. The quantitative estimate of drug-likeness (QED) is 0.789. The molecule has 1 N–H and O–H groups in total. The molecule has 0 atom stereocenters. The lowest BCUT2D eigenvalue weighted by molar-refractivity contribution is 0.241. The van der Waals surface area contributed by atoms with Gasteiger partial charge < -0.3 is 4.98 Å². The summed E-state index contributed by atoms with van der Waals surface area (Å²) in [6, 6.07) is 16.3. The van der Waals surface area contributed by atoms with Crippen LogP contribution in [0.15, 0.2) is 53.3 Å². The Bertz CT molecular complexity index is 992. The van der Waals surface area contributed by atoms with Gasteiger partial charge in [0.1, 0.15) is 5.82 Å². The Labute approximate surface area is 153 Å². The molecule has 0 saturated carbocycles. The summed E-state index contributed by atoms with van der Waals surface area (Å²) < 4.78 is 0. The van der Waals surface area contributed by atoms with Crippen molar-refractivity contribution in [2.75, 3.05) is 6.54 Å². The number of fused-ring (bicyclic) bond motifs is 1. The molecule has 1 aliphatic heterocycles. The van der Waals surface area contributed by atoms with Crippen LogP contribution in [0.4, 0.5) is 0 Å². The van der Waals surface area contributed by atoms with Crippen LogP contribution in [-0.2, 0) is 19.5 Å². The molecule has 1 aliphatic rings. The van der Waals surface area contributed by atoms with Crippen LogP contribution in [-0.4, -0.2) is 21.4 Å². The molecule has 2 aromatic carbocycles. The minimum Gasteiger partial charge on any atom is -0.306 e. The lowest BCUT2D eigenvalue weighted by atomic mass is 10.0. The van der Waals surface area contributed by atoms with Gasteiger partial charge in [0, 0.05) is 31.6 Å². The number of rotatable bonds is 3. The third kappa shape index (κ3) is 3.20. The van der Waals surface area contributed by atoms with E-state index in [0.29, 0.717) is 12.4 Å². The molecule has 0 spiro atoms. The minimum absolute atomic E-state index is 0.0143. The monoisotopic (exact) mass is 345 g/mol. The van der Waals surface area contributed by atoms with Crippen LogP contribution >= 0.6 is 0 Å². The summed E-state index contributed by atoms with van der Waals surface area (Å²) in [5, 5.41) is 0. The van der Waals surface area contributed by atoms with Gasteiger partial charge in [0.25, 0.3) is 5.56 Å². The molecule has 4 rings (SSSR count). The minimum atomic E-state index is -0.0143. The number of hydrogen-bond donors (Lipinski definition) is 1. The van der Waals surface area contributed by atoms with Crippen molar-refractivity contribution in [3.05, 3.63) is 86.8 Å². The van der Waals surface area contributed by atoms with E-state index in [4.69, 9.17) is 4.98 Å². The molecule has 0 unspecified atom stereocenters. The van der Waals surface area contributed by atoms with Gasteiger partial charge in [-0.05, 0) is 30.5 Å². The molecular weight excluding hydrogens is 322 g/mol. The average Bonchev–Trinajstić information content (AvgIpc) is 2.66. The Kier molecular flexibility index (Phi) is 4.43. The number of aromatic amines is 1. The highest BCUT2D eigenvalue weighted by atomic mass is 16.1. The van der Waals surface area contributed by atoms with E-state index in [0.717, 1.165) is 36.3 Å². The van der Waals surface area contributed by atoms with Gasteiger partial charge in [0.2, 0.25) is 0 Å². The van der Waals surface area contributed by atoms with Crippen LogP contribution in [0.2, 0.25) is 0 Å². The molecule has 0 saturated heterocycles. The molecule has 132 valence electrons. The topological polar surface area (TPSA) is 49.0 Å². The van der Waals surface area contributed by atoms with Gasteiger partial charge >= 0.3 is 0 Å². The number of nitrogens with zero attached hydrogens (tertiary/aromatic N) is 2. The summed E-state index contributed by atoms with van der Waals surface area (Å²) in [5.74, 6) is 0.664. The fraction of sp³-hybridized carbons (Fsp3) is 0.273. The molecule has 0 radical (unpaired) electrons. The van der Waals surface area contributed by atoms with Crippen molar-refractivity contribution in [2.45, 2.75) is 33.4 Å². The molecule has 0 bridgehead atoms. The van der Waals surface area contributed by atoms with Gasteiger partial charge in [-0.25, -0.2) is 4.98 Å². The largest absolute Gasteiger partial charge is 0.306 e. The zero-order valence-corrected chi connectivity index (χ0v) is 15.2. The first-order valence-corrected chi connectivity index (χ1v) is 9.07. The number of H-pyrrole nitrogens is 1. The van der Waals surface area contributed by atoms with Gasteiger partial charge in [0.05, 0.1) is 11.3 Å². The highest BCUT2D eigenvalue weighted by molar-refractivity contribution is 5.54. The van der Waals surface area contributed by atoms with Crippen LogP contribution in [0, 0.1) is 13.8 Å². The number of hydrogen-bond acceptors (Lipinski definition) is 3. The number of nitrogens with one attached hydrogen (secondary N) is 1. The van der Waals surface area contributed by atoms with Gasteiger partial charge in [-0.1, -0.05) is 48.5 Å². The molecule has 1 aromatic heterocycles. The third-order valence-corrected chi connectivity index (χ3v) is 5.31. The van der Waals surface area contributed by atoms with Crippen molar-refractivity contribution in [3.63, 3.8) is 0 Å². The van der Waals surface area contributed by atoms with E-state index in [1.807, 2.05) is 30.3 Å². The summed E-state index contributed by atoms with van der Waals surface area (Å²) in [7, 11) is 0. The second kappa shape index (κ2) is 6.89. The van der Waals surface area contributed by atoms with Crippen LogP contribution in [0.1, 0.15) is 27.9 Å². The zero-order valence-electron chi connectivity index (χ0n) is 15.2. The molecule has 3 aromatic rings. The lowest BCUT2D eigenvalue weighted by Crippen LogP contribution is -2.35. The van der Waals surface area contributed by atoms with E-state index in [1.54, 1.807) is 0 Å².